The van der Waals surface area contributed by atoms with Crippen molar-refractivity contribution in [1.82, 2.24) is 20.4 Å². The molecule has 1 unspecified atom stereocenters. The van der Waals surface area contributed by atoms with Crippen molar-refractivity contribution in [3.05, 3.63) is 18.0 Å². The fourth-order valence-corrected chi connectivity index (χ4v) is 1.71. The van der Waals surface area contributed by atoms with E-state index in [-0.39, 0.29) is 12.6 Å². The highest BCUT2D eigenvalue weighted by atomic mass is 19.4. The number of carbonyl (C=O) groups excluding carboxylic acids is 2. The number of amides is 2. The van der Waals surface area contributed by atoms with Crippen LogP contribution in [-0.4, -0.2) is 51.1 Å². The van der Waals surface area contributed by atoms with Gasteiger partial charge in [0.1, 0.15) is 0 Å². The zero-order valence-corrected chi connectivity index (χ0v) is 13.8. The van der Waals surface area contributed by atoms with Gasteiger partial charge < -0.3 is 15.7 Å². The van der Waals surface area contributed by atoms with Gasteiger partial charge in [0.05, 0.1) is 17.3 Å². The van der Waals surface area contributed by atoms with Crippen molar-refractivity contribution in [2.75, 3.05) is 6.54 Å². The summed E-state index contributed by atoms with van der Waals surface area (Å²) in [7, 11) is 0. The maximum atomic E-state index is 12.2. The van der Waals surface area contributed by atoms with Crippen molar-refractivity contribution in [3.63, 3.8) is 0 Å². The van der Waals surface area contributed by atoms with E-state index in [0.29, 0.717) is 5.56 Å². The summed E-state index contributed by atoms with van der Waals surface area (Å²) in [4.78, 5) is 23.4. The summed E-state index contributed by atoms with van der Waals surface area (Å²) in [6, 6.07) is 0.0719. The maximum absolute atomic E-state index is 12.2. The van der Waals surface area contributed by atoms with E-state index in [4.69, 9.17) is 5.11 Å². The Morgan fingerprint density at radius 1 is 1.33 bits per heavy atom. The number of rotatable bonds is 6. The fourth-order valence-electron chi connectivity index (χ4n) is 1.71. The molecule has 136 valence electrons. The molecule has 0 aliphatic heterocycles. The van der Waals surface area contributed by atoms with Gasteiger partial charge in [0.2, 0.25) is 6.10 Å². The van der Waals surface area contributed by atoms with Gasteiger partial charge >= 0.3 is 6.18 Å². The molecular weight excluding hydrogens is 329 g/mol. The van der Waals surface area contributed by atoms with Crippen molar-refractivity contribution in [1.29, 1.82) is 0 Å². The van der Waals surface area contributed by atoms with Gasteiger partial charge in [-0.25, -0.2) is 0 Å². The molecule has 0 fully saturated rings. The second-order valence-corrected chi connectivity index (χ2v) is 6.30. The van der Waals surface area contributed by atoms with Crippen LogP contribution in [0.1, 0.15) is 44.1 Å². The second-order valence-electron chi connectivity index (χ2n) is 6.30. The van der Waals surface area contributed by atoms with E-state index in [1.807, 2.05) is 19.2 Å². The zero-order valence-electron chi connectivity index (χ0n) is 13.8. The molecule has 24 heavy (non-hydrogen) atoms. The Hall–Kier alpha value is -2.10. The molecule has 0 bridgehead atoms. The van der Waals surface area contributed by atoms with E-state index in [2.05, 4.69) is 10.4 Å². The van der Waals surface area contributed by atoms with Crippen LogP contribution in [0.15, 0.2) is 12.4 Å². The quantitative estimate of drug-likeness (QED) is 0.713. The zero-order chi connectivity index (χ0) is 18.7. The molecule has 0 saturated carbocycles. The van der Waals surface area contributed by atoms with Gasteiger partial charge in [-0.1, -0.05) is 0 Å². The SMILES string of the molecule is CC(C)n1cc(C(=O)NC(C)(C)CNC(=O)C(O)C(F)(F)F)cn1. The Morgan fingerprint density at radius 2 is 1.92 bits per heavy atom. The largest absolute Gasteiger partial charge is 0.423 e. The third-order valence-corrected chi connectivity index (χ3v) is 3.11. The highest BCUT2D eigenvalue weighted by molar-refractivity contribution is 5.94. The molecule has 0 saturated heterocycles. The number of alkyl halides is 3. The predicted molar refractivity (Wildman–Crippen MR) is 79.2 cm³/mol. The van der Waals surface area contributed by atoms with Crippen LogP contribution in [0.2, 0.25) is 0 Å². The summed E-state index contributed by atoms with van der Waals surface area (Å²) in [6.45, 7) is 6.54. The molecule has 0 aliphatic rings. The van der Waals surface area contributed by atoms with Crippen molar-refractivity contribution in [2.24, 2.45) is 0 Å². The molecule has 1 aromatic rings. The maximum Gasteiger partial charge on any atom is 0.423 e. The van der Waals surface area contributed by atoms with Gasteiger partial charge in [-0.2, -0.15) is 18.3 Å². The van der Waals surface area contributed by atoms with Crippen molar-refractivity contribution in [2.45, 2.75) is 51.6 Å². The Morgan fingerprint density at radius 3 is 2.38 bits per heavy atom. The number of nitrogens with one attached hydrogen (secondary N) is 2. The number of halogens is 3. The molecule has 1 heterocycles. The minimum absolute atomic E-state index is 0.0719. The number of aliphatic hydroxyl groups excluding tert-OH is 1. The van der Waals surface area contributed by atoms with Gasteiger partial charge in [0.25, 0.3) is 11.8 Å². The molecule has 1 atom stereocenters. The minimum atomic E-state index is -5.04. The molecule has 7 nitrogen and oxygen atoms in total. The van der Waals surface area contributed by atoms with Crippen LogP contribution in [0.5, 0.6) is 0 Å². The number of carbonyl (C=O) groups is 2. The van der Waals surface area contributed by atoms with Crippen molar-refractivity contribution in [3.8, 4) is 0 Å². The summed E-state index contributed by atoms with van der Waals surface area (Å²) >= 11 is 0. The monoisotopic (exact) mass is 350 g/mol. The van der Waals surface area contributed by atoms with Gasteiger partial charge in [-0.05, 0) is 27.7 Å². The summed E-state index contributed by atoms with van der Waals surface area (Å²) in [6.07, 6.45) is -5.23. The second kappa shape index (κ2) is 7.20. The summed E-state index contributed by atoms with van der Waals surface area (Å²) in [5, 5.41) is 17.4. The van der Waals surface area contributed by atoms with Crippen molar-refractivity contribution >= 4 is 11.8 Å². The van der Waals surface area contributed by atoms with E-state index in [9.17, 15) is 22.8 Å². The molecule has 1 aromatic heterocycles. The van der Waals surface area contributed by atoms with Gasteiger partial charge in [-0.3, -0.25) is 14.3 Å². The first-order chi connectivity index (χ1) is 10.8. The molecule has 0 aliphatic carbocycles. The van der Waals surface area contributed by atoms with Crippen LogP contribution in [0, 0.1) is 0 Å². The van der Waals surface area contributed by atoms with Crippen LogP contribution in [0.25, 0.3) is 0 Å². The third-order valence-electron chi connectivity index (χ3n) is 3.11. The molecule has 10 heteroatoms. The highest BCUT2D eigenvalue weighted by Gasteiger charge is 2.43. The number of aromatic nitrogens is 2. The number of hydrogen-bond acceptors (Lipinski definition) is 4. The summed E-state index contributed by atoms with van der Waals surface area (Å²) in [5.41, 5.74) is -0.740. The van der Waals surface area contributed by atoms with Crippen LogP contribution >= 0.6 is 0 Å². The number of nitrogens with zero attached hydrogens (tertiary/aromatic N) is 2. The lowest BCUT2D eigenvalue weighted by atomic mass is 10.0. The van der Waals surface area contributed by atoms with E-state index in [1.54, 1.807) is 10.9 Å². The highest BCUT2D eigenvalue weighted by Crippen LogP contribution is 2.20. The van der Waals surface area contributed by atoms with E-state index >= 15 is 0 Å². The standard InChI is InChI=1S/C14H21F3N4O3/c1-8(2)21-6-9(5-19-21)11(23)20-13(3,4)7-18-12(24)10(22)14(15,16)17/h5-6,8,10,22H,7H2,1-4H3,(H,18,24)(H,20,23). The number of hydrogen-bond donors (Lipinski definition) is 3. The topological polar surface area (TPSA) is 96.2 Å². The predicted octanol–water partition coefficient (Wildman–Crippen LogP) is 1.01. The first kappa shape index (κ1) is 19.9. The van der Waals surface area contributed by atoms with Crippen LogP contribution in [0.3, 0.4) is 0 Å². The molecule has 0 spiro atoms. The lowest BCUT2D eigenvalue weighted by molar-refractivity contribution is -0.205. The Labute approximate surface area is 137 Å². The van der Waals surface area contributed by atoms with Crippen LogP contribution in [0.4, 0.5) is 13.2 Å². The van der Waals surface area contributed by atoms with E-state index in [0.717, 1.165) is 0 Å². The Kier molecular flexibility index (Phi) is 5.99. The van der Waals surface area contributed by atoms with Gasteiger partial charge in [0, 0.05) is 18.8 Å². The van der Waals surface area contributed by atoms with Gasteiger partial charge in [-0.15, -0.1) is 0 Å². The van der Waals surface area contributed by atoms with E-state index in [1.165, 1.54) is 20.0 Å². The first-order valence-electron chi connectivity index (χ1n) is 7.22. The first-order valence-corrected chi connectivity index (χ1v) is 7.22. The van der Waals surface area contributed by atoms with E-state index < -0.39 is 29.6 Å². The van der Waals surface area contributed by atoms with Gasteiger partial charge in [0.15, 0.2) is 0 Å². The Balaban J connectivity index is 2.62. The smallest absolute Gasteiger partial charge is 0.376 e. The third kappa shape index (κ3) is 5.52. The molecule has 3 N–H and O–H groups in total. The average Bonchev–Trinajstić information content (AvgIpc) is 2.92. The normalized spacial score (nSPS) is 13.7. The molecule has 1 rings (SSSR count). The fraction of sp³-hybridized carbons (Fsp3) is 0.643. The molecule has 2 amide bonds. The summed E-state index contributed by atoms with van der Waals surface area (Å²) < 4.78 is 38.3. The molecular formula is C14H21F3N4O3. The molecule has 0 radical (unpaired) electrons. The van der Waals surface area contributed by atoms with Crippen LogP contribution < -0.4 is 10.6 Å². The lowest BCUT2D eigenvalue weighted by Gasteiger charge is -2.27. The lowest BCUT2D eigenvalue weighted by Crippen LogP contribution is -2.54. The number of aliphatic hydroxyl groups is 1. The van der Waals surface area contributed by atoms with Crippen LogP contribution in [-0.2, 0) is 4.79 Å². The van der Waals surface area contributed by atoms with Crippen molar-refractivity contribution < 1.29 is 27.9 Å². The minimum Gasteiger partial charge on any atom is -0.376 e. The average molecular weight is 350 g/mol. The Bertz CT molecular complexity index is 596. The summed E-state index contributed by atoms with van der Waals surface area (Å²) in [5.74, 6) is -2.05. The molecule has 0 aromatic carbocycles.